The molecular formula is C23H29Cl2N3O4S. The van der Waals surface area contributed by atoms with E-state index in [0.717, 1.165) is 9.87 Å². The van der Waals surface area contributed by atoms with Gasteiger partial charge in [-0.25, -0.2) is 8.42 Å². The molecule has 1 atom stereocenters. The predicted octanol–water partition coefficient (Wildman–Crippen LogP) is 3.95. The average Bonchev–Trinajstić information content (AvgIpc) is 2.70. The maximum Gasteiger partial charge on any atom is 0.243 e. The maximum absolute atomic E-state index is 13.3. The van der Waals surface area contributed by atoms with Crippen LogP contribution >= 0.6 is 23.2 Å². The number of nitrogens with zero attached hydrogens (tertiary/aromatic N) is 2. The number of hydrogen-bond donors (Lipinski definition) is 1. The Morgan fingerprint density at radius 1 is 1.03 bits per heavy atom. The van der Waals surface area contributed by atoms with Crippen molar-refractivity contribution in [2.45, 2.75) is 50.7 Å². The summed E-state index contributed by atoms with van der Waals surface area (Å²) in [5.74, 6) is -0.868. The van der Waals surface area contributed by atoms with Crippen molar-refractivity contribution in [2.24, 2.45) is 0 Å². The molecule has 7 nitrogen and oxygen atoms in total. The fourth-order valence-corrected chi connectivity index (χ4v) is 4.50. The molecule has 0 aliphatic rings. The Labute approximate surface area is 205 Å². The van der Waals surface area contributed by atoms with Crippen molar-refractivity contribution >= 4 is 45.0 Å². The van der Waals surface area contributed by atoms with Crippen LogP contribution in [0.2, 0.25) is 10.0 Å². The van der Waals surface area contributed by atoms with Crippen molar-refractivity contribution in [1.29, 1.82) is 0 Å². The first-order valence-corrected chi connectivity index (χ1v) is 12.5. The fraction of sp³-hybridized carbons (Fsp3) is 0.391. The van der Waals surface area contributed by atoms with Crippen LogP contribution in [0, 0.1) is 0 Å². The lowest BCUT2D eigenvalue weighted by Crippen LogP contribution is -2.54. The normalized spacial score (nSPS) is 13.0. The standard InChI is InChI=1S/C23H29Cl2N3O4S/c1-16(22(30)26-23(2,3)4)28(14-17-7-6-8-19(25)13-17)21(29)15-27(5)33(31,32)20-11-9-18(24)10-12-20/h6-13,16H,14-15H2,1-5H3,(H,26,30)/t16-/m0/s1. The van der Waals surface area contributed by atoms with Gasteiger partial charge in [0.15, 0.2) is 0 Å². The van der Waals surface area contributed by atoms with E-state index in [4.69, 9.17) is 23.2 Å². The third kappa shape index (κ3) is 7.71. The number of sulfonamides is 1. The first kappa shape index (κ1) is 27.1. The zero-order valence-corrected chi connectivity index (χ0v) is 21.6. The van der Waals surface area contributed by atoms with Crippen molar-refractivity contribution in [2.75, 3.05) is 13.6 Å². The summed E-state index contributed by atoms with van der Waals surface area (Å²) >= 11 is 11.9. The quantitative estimate of drug-likeness (QED) is 0.578. The summed E-state index contributed by atoms with van der Waals surface area (Å²) in [6.07, 6.45) is 0. The molecule has 0 aliphatic heterocycles. The van der Waals surface area contributed by atoms with Crippen LogP contribution in [0.1, 0.15) is 33.3 Å². The number of nitrogens with one attached hydrogen (secondary N) is 1. The summed E-state index contributed by atoms with van der Waals surface area (Å²) < 4.78 is 26.8. The van der Waals surface area contributed by atoms with E-state index in [9.17, 15) is 18.0 Å². The van der Waals surface area contributed by atoms with Gasteiger partial charge in [-0.05, 0) is 69.7 Å². The second-order valence-electron chi connectivity index (χ2n) is 8.78. The van der Waals surface area contributed by atoms with Crippen molar-refractivity contribution in [3.05, 3.63) is 64.1 Å². The molecule has 0 saturated heterocycles. The highest BCUT2D eigenvalue weighted by molar-refractivity contribution is 7.89. The molecule has 0 aromatic heterocycles. The largest absolute Gasteiger partial charge is 0.350 e. The molecule has 10 heteroatoms. The molecule has 0 heterocycles. The molecular weight excluding hydrogens is 485 g/mol. The molecule has 0 unspecified atom stereocenters. The highest BCUT2D eigenvalue weighted by Gasteiger charge is 2.31. The number of halogens is 2. The smallest absolute Gasteiger partial charge is 0.243 e. The second-order valence-corrected chi connectivity index (χ2v) is 11.7. The van der Waals surface area contributed by atoms with Gasteiger partial charge in [-0.1, -0.05) is 35.3 Å². The van der Waals surface area contributed by atoms with E-state index in [1.54, 1.807) is 31.2 Å². The molecule has 180 valence electrons. The van der Waals surface area contributed by atoms with Crippen LogP contribution in [-0.2, 0) is 26.2 Å². The van der Waals surface area contributed by atoms with E-state index >= 15 is 0 Å². The molecule has 0 bridgehead atoms. The van der Waals surface area contributed by atoms with Crippen molar-refractivity contribution < 1.29 is 18.0 Å². The van der Waals surface area contributed by atoms with Crippen molar-refractivity contribution in [1.82, 2.24) is 14.5 Å². The number of benzene rings is 2. The van der Waals surface area contributed by atoms with Crippen LogP contribution < -0.4 is 5.32 Å². The average molecular weight is 514 g/mol. The lowest BCUT2D eigenvalue weighted by molar-refractivity contribution is -0.141. The molecule has 2 aromatic rings. The minimum Gasteiger partial charge on any atom is -0.350 e. The minimum atomic E-state index is -3.93. The number of rotatable bonds is 8. The highest BCUT2D eigenvalue weighted by atomic mass is 35.5. The number of carbonyl (C=O) groups excluding carboxylic acids is 2. The van der Waals surface area contributed by atoms with Crippen LogP contribution in [0.15, 0.2) is 53.4 Å². The SMILES string of the molecule is C[C@@H](C(=O)NC(C)(C)C)N(Cc1cccc(Cl)c1)C(=O)CN(C)S(=O)(=O)c1ccc(Cl)cc1. The van der Waals surface area contributed by atoms with Gasteiger partial charge in [0.25, 0.3) is 0 Å². The number of likely N-dealkylation sites (N-methyl/N-ethyl adjacent to an activating group) is 1. The first-order chi connectivity index (χ1) is 15.2. The monoisotopic (exact) mass is 513 g/mol. The molecule has 2 amide bonds. The zero-order valence-electron chi connectivity index (χ0n) is 19.3. The molecule has 0 spiro atoms. The Kier molecular flexibility index (Phi) is 8.93. The lowest BCUT2D eigenvalue weighted by atomic mass is 10.1. The van der Waals surface area contributed by atoms with Crippen LogP contribution in [0.5, 0.6) is 0 Å². The topological polar surface area (TPSA) is 86.8 Å². The van der Waals surface area contributed by atoms with E-state index in [-0.39, 0.29) is 17.3 Å². The van der Waals surface area contributed by atoms with Crippen LogP contribution in [-0.4, -0.2) is 54.6 Å². The summed E-state index contributed by atoms with van der Waals surface area (Å²) in [4.78, 5) is 27.5. The molecule has 0 aliphatic carbocycles. The summed E-state index contributed by atoms with van der Waals surface area (Å²) in [6, 6.07) is 11.8. The second kappa shape index (κ2) is 10.9. The Bertz CT molecular complexity index is 1100. The van der Waals surface area contributed by atoms with Gasteiger partial charge in [0, 0.05) is 29.2 Å². The summed E-state index contributed by atoms with van der Waals surface area (Å²) in [7, 11) is -2.61. The zero-order chi connectivity index (χ0) is 25.0. The van der Waals surface area contributed by atoms with E-state index < -0.39 is 34.1 Å². The van der Waals surface area contributed by atoms with Gasteiger partial charge in [-0.3, -0.25) is 9.59 Å². The van der Waals surface area contributed by atoms with Gasteiger partial charge < -0.3 is 10.2 Å². The third-order valence-corrected chi connectivity index (χ3v) is 7.09. The Morgan fingerprint density at radius 2 is 1.64 bits per heavy atom. The number of carbonyl (C=O) groups is 2. The van der Waals surface area contributed by atoms with E-state index in [2.05, 4.69) is 5.32 Å². The first-order valence-electron chi connectivity index (χ1n) is 10.3. The van der Waals surface area contributed by atoms with E-state index in [0.29, 0.717) is 10.0 Å². The van der Waals surface area contributed by atoms with Crippen LogP contribution in [0.25, 0.3) is 0 Å². The Morgan fingerprint density at radius 3 is 2.18 bits per heavy atom. The molecule has 0 saturated carbocycles. The summed E-state index contributed by atoms with van der Waals surface area (Å²) in [5, 5.41) is 3.76. The molecule has 0 fully saturated rings. The highest BCUT2D eigenvalue weighted by Crippen LogP contribution is 2.19. The fourth-order valence-electron chi connectivity index (χ4n) is 3.04. The maximum atomic E-state index is 13.3. The molecule has 0 radical (unpaired) electrons. The molecule has 1 N–H and O–H groups in total. The third-order valence-electron chi connectivity index (χ3n) is 4.79. The van der Waals surface area contributed by atoms with Gasteiger partial charge in [0.05, 0.1) is 11.4 Å². The van der Waals surface area contributed by atoms with Crippen molar-refractivity contribution in [3.63, 3.8) is 0 Å². The Balaban J connectivity index is 2.29. The van der Waals surface area contributed by atoms with Gasteiger partial charge in [-0.2, -0.15) is 4.31 Å². The number of hydrogen-bond acceptors (Lipinski definition) is 4. The van der Waals surface area contributed by atoms with Gasteiger partial charge in [0.2, 0.25) is 21.8 Å². The molecule has 2 rings (SSSR count). The molecule has 33 heavy (non-hydrogen) atoms. The summed E-state index contributed by atoms with van der Waals surface area (Å²) in [6.45, 7) is 6.77. The Hall–Kier alpha value is -2.13. The number of amides is 2. The minimum absolute atomic E-state index is 0.0158. The van der Waals surface area contributed by atoms with Gasteiger partial charge >= 0.3 is 0 Å². The van der Waals surface area contributed by atoms with Gasteiger partial charge in [-0.15, -0.1) is 0 Å². The van der Waals surface area contributed by atoms with Crippen molar-refractivity contribution in [3.8, 4) is 0 Å². The lowest BCUT2D eigenvalue weighted by Gasteiger charge is -2.32. The summed E-state index contributed by atoms with van der Waals surface area (Å²) in [5.41, 5.74) is 0.222. The van der Waals surface area contributed by atoms with E-state index in [1.807, 2.05) is 20.8 Å². The predicted molar refractivity (Wildman–Crippen MR) is 131 cm³/mol. The van der Waals surface area contributed by atoms with Crippen LogP contribution in [0.4, 0.5) is 0 Å². The molecule has 2 aromatic carbocycles. The van der Waals surface area contributed by atoms with Crippen LogP contribution in [0.3, 0.4) is 0 Å². The van der Waals surface area contributed by atoms with Gasteiger partial charge in [0.1, 0.15) is 6.04 Å². The van der Waals surface area contributed by atoms with E-state index in [1.165, 1.54) is 36.2 Å².